The van der Waals surface area contributed by atoms with Gasteiger partial charge in [-0.3, -0.25) is 10.1 Å². The first-order chi connectivity index (χ1) is 15.3. The normalized spacial score (nSPS) is 5.52. The Morgan fingerprint density at radius 1 is 0.548 bits per heavy atom. The summed E-state index contributed by atoms with van der Waals surface area (Å²) < 4.78 is 0. The highest BCUT2D eigenvalue weighted by atomic mass is 16.1. The van der Waals surface area contributed by atoms with Gasteiger partial charge in [-0.1, -0.05) is 18.2 Å². The fourth-order valence-corrected chi connectivity index (χ4v) is 1.35. The van der Waals surface area contributed by atoms with E-state index in [1.807, 2.05) is 6.07 Å². The quantitative estimate of drug-likeness (QED) is 0.568. The van der Waals surface area contributed by atoms with E-state index in [0.717, 1.165) is 0 Å². The van der Waals surface area contributed by atoms with Crippen molar-refractivity contribution in [2.75, 3.05) is 0 Å². The standard InChI is InChI=1S/C29H7NO/c1-2-3-4-5-6-7-8-9-10-11-12-13-14-15-16-17-18-19-20-24-27-30-29(31)28-25-22-21-23-26-28/h1,21-23,25-26H,(H,30,31). The Labute approximate surface area is 183 Å². The molecule has 2 heteroatoms. The molecule has 0 unspecified atom stereocenters. The average Bonchev–Trinajstić information content (AvgIpc) is 2.80. The van der Waals surface area contributed by atoms with Gasteiger partial charge in [0.15, 0.2) is 0 Å². The third-order valence-corrected chi connectivity index (χ3v) is 2.47. The molecule has 0 aliphatic rings. The highest BCUT2D eigenvalue weighted by Gasteiger charge is 1.99. The summed E-state index contributed by atoms with van der Waals surface area (Å²) in [6.07, 6.45) is 4.92. The zero-order valence-corrected chi connectivity index (χ0v) is 15.9. The molecule has 0 aliphatic carbocycles. The number of rotatable bonds is 1. The first-order valence-electron chi connectivity index (χ1n) is 8.15. The Hall–Kier alpha value is -6.15. The molecule has 0 heterocycles. The zero-order valence-electron chi connectivity index (χ0n) is 15.9. The van der Waals surface area contributed by atoms with E-state index in [2.05, 4.69) is 130 Å². The maximum atomic E-state index is 11.7. The molecule has 1 aromatic rings. The first-order valence-corrected chi connectivity index (χ1v) is 8.15. The number of hydrogen-bond acceptors (Lipinski definition) is 1. The van der Waals surface area contributed by atoms with Gasteiger partial charge in [0.25, 0.3) is 5.91 Å². The van der Waals surface area contributed by atoms with E-state index in [-0.39, 0.29) is 5.91 Å². The molecule has 0 aliphatic heterocycles. The van der Waals surface area contributed by atoms with E-state index in [9.17, 15) is 4.79 Å². The summed E-state index contributed by atoms with van der Waals surface area (Å²) in [5, 5.41) is 2.41. The fraction of sp³-hybridized carbons (Fsp3) is 0. The van der Waals surface area contributed by atoms with Crippen LogP contribution in [-0.2, 0) is 0 Å². The van der Waals surface area contributed by atoms with Crippen molar-refractivity contribution in [3.63, 3.8) is 0 Å². The van der Waals surface area contributed by atoms with Crippen molar-refractivity contribution in [1.29, 1.82) is 0 Å². The lowest BCUT2D eigenvalue weighted by Gasteiger charge is -1.95. The van der Waals surface area contributed by atoms with Crippen LogP contribution >= 0.6 is 0 Å². The first kappa shape index (κ1) is 22.9. The van der Waals surface area contributed by atoms with Crippen molar-refractivity contribution >= 4 is 5.91 Å². The SMILES string of the molecule is C#CC#CC#CC#CC#CC#CC#CC#CC#CC#CC#CNC(=O)c1ccccc1. The molecule has 134 valence electrons. The largest absolute Gasteiger partial charge is 0.280 e. The molecule has 0 saturated carbocycles. The van der Waals surface area contributed by atoms with Crippen LogP contribution in [0.25, 0.3) is 0 Å². The highest BCUT2D eigenvalue weighted by Crippen LogP contribution is 1.96. The lowest BCUT2D eigenvalue weighted by atomic mass is 10.2. The van der Waals surface area contributed by atoms with Crippen LogP contribution in [0.2, 0.25) is 0 Å². The lowest BCUT2D eigenvalue weighted by molar-refractivity contribution is 0.0973. The summed E-state index contributed by atoms with van der Waals surface area (Å²) in [6.45, 7) is 0. The van der Waals surface area contributed by atoms with Gasteiger partial charge in [0.2, 0.25) is 0 Å². The summed E-state index contributed by atoms with van der Waals surface area (Å²) in [4.78, 5) is 11.7. The van der Waals surface area contributed by atoms with Gasteiger partial charge in [-0.15, -0.1) is 6.42 Å². The molecule has 0 aromatic heterocycles. The molecule has 0 fully saturated rings. The van der Waals surface area contributed by atoms with Crippen LogP contribution in [0.3, 0.4) is 0 Å². The van der Waals surface area contributed by atoms with Crippen molar-refractivity contribution in [2.45, 2.75) is 0 Å². The van der Waals surface area contributed by atoms with E-state index in [4.69, 9.17) is 6.42 Å². The van der Waals surface area contributed by atoms with Gasteiger partial charge in [-0.25, -0.2) is 0 Å². The summed E-state index contributed by atoms with van der Waals surface area (Å²) in [5.41, 5.74) is 0.514. The van der Waals surface area contributed by atoms with Gasteiger partial charge < -0.3 is 0 Å². The third kappa shape index (κ3) is 13.7. The smallest absolute Gasteiger partial charge is 0.262 e. The van der Waals surface area contributed by atoms with Gasteiger partial charge in [-0.05, 0) is 59.5 Å². The number of terminal acetylenes is 1. The van der Waals surface area contributed by atoms with Crippen LogP contribution < -0.4 is 5.32 Å². The molecule has 1 aromatic carbocycles. The van der Waals surface area contributed by atoms with E-state index in [1.54, 1.807) is 24.3 Å². The maximum Gasteiger partial charge on any atom is 0.262 e. The third-order valence-electron chi connectivity index (χ3n) is 2.47. The molecule has 0 spiro atoms. The molecule has 2 nitrogen and oxygen atoms in total. The molecule has 31 heavy (non-hydrogen) atoms. The Kier molecular flexibility index (Phi) is 12.8. The van der Waals surface area contributed by atoms with Gasteiger partial charge in [-0.2, -0.15) is 0 Å². The maximum absolute atomic E-state index is 11.7. The minimum absolute atomic E-state index is 0.302. The second kappa shape index (κ2) is 17.3. The van der Waals surface area contributed by atoms with E-state index < -0.39 is 0 Å². The fourth-order valence-electron chi connectivity index (χ4n) is 1.35. The Morgan fingerprint density at radius 2 is 0.903 bits per heavy atom. The van der Waals surface area contributed by atoms with Crippen molar-refractivity contribution in [3.8, 4) is 131 Å². The van der Waals surface area contributed by atoms with Gasteiger partial charge in [0, 0.05) is 82.7 Å². The molecular weight excluding hydrogens is 378 g/mol. The van der Waals surface area contributed by atoms with E-state index in [1.165, 1.54) is 0 Å². The molecule has 1 N–H and O–H groups in total. The molecule has 0 radical (unpaired) electrons. The summed E-state index contributed by atoms with van der Waals surface area (Å²) in [6, 6.07) is 11.2. The number of nitrogens with one attached hydrogen (secondary N) is 1. The minimum atomic E-state index is -0.302. The number of carbonyl (C=O) groups excluding carboxylic acids is 1. The van der Waals surface area contributed by atoms with Crippen LogP contribution in [0.5, 0.6) is 0 Å². The lowest BCUT2D eigenvalue weighted by Crippen LogP contribution is -2.17. The molecule has 0 bridgehead atoms. The minimum Gasteiger partial charge on any atom is -0.280 e. The van der Waals surface area contributed by atoms with Crippen molar-refractivity contribution in [2.24, 2.45) is 0 Å². The molecule has 1 amide bonds. The van der Waals surface area contributed by atoms with Gasteiger partial charge in [0.1, 0.15) is 0 Å². The van der Waals surface area contributed by atoms with Gasteiger partial charge >= 0.3 is 0 Å². The van der Waals surface area contributed by atoms with E-state index >= 15 is 0 Å². The predicted octanol–water partition coefficient (Wildman–Crippen LogP) is 1.04. The molecule has 0 saturated heterocycles. The van der Waals surface area contributed by atoms with Crippen LogP contribution in [0.1, 0.15) is 10.4 Å². The summed E-state index contributed by atoms with van der Waals surface area (Å²) in [7, 11) is 0. The zero-order chi connectivity index (χ0) is 22.2. The van der Waals surface area contributed by atoms with Crippen molar-refractivity contribution in [3.05, 3.63) is 35.9 Å². The second-order valence-corrected chi connectivity index (χ2v) is 4.46. The Morgan fingerprint density at radius 3 is 1.29 bits per heavy atom. The summed E-state index contributed by atoms with van der Waals surface area (Å²) in [5.74, 6) is 48.6. The van der Waals surface area contributed by atoms with Crippen molar-refractivity contribution in [1.82, 2.24) is 5.32 Å². The predicted molar refractivity (Wildman–Crippen MR) is 121 cm³/mol. The van der Waals surface area contributed by atoms with Crippen LogP contribution in [0.15, 0.2) is 30.3 Å². The topological polar surface area (TPSA) is 29.1 Å². The van der Waals surface area contributed by atoms with E-state index in [0.29, 0.717) is 5.56 Å². The number of hydrogen-bond donors (Lipinski definition) is 1. The molecule has 0 atom stereocenters. The molecular formula is C29H7NO. The van der Waals surface area contributed by atoms with Gasteiger partial charge in [0.05, 0.1) is 0 Å². The Balaban J connectivity index is 2.40. The van der Waals surface area contributed by atoms with Crippen LogP contribution in [-0.4, -0.2) is 5.91 Å². The van der Waals surface area contributed by atoms with Crippen LogP contribution in [0, 0.1) is 131 Å². The van der Waals surface area contributed by atoms with Crippen molar-refractivity contribution < 1.29 is 4.79 Å². The number of amides is 1. The summed E-state index contributed by atoms with van der Waals surface area (Å²) >= 11 is 0. The van der Waals surface area contributed by atoms with Crippen LogP contribution in [0.4, 0.5) is 0 Å². The highest BCUT2D eigenvalue weighted by molar-refractivity contribution is 5.95. The Bertz CT molecular complexity index is 1510. The molecule has 1 rings (SSSR count). The number of benzene rings is 1. The monoisotopic (exact) mass is 385 g/mol. The number of carbonyl (C=O) groups is 1. The average molecular weight is 385 g/mol. The second-order valence-electron chi connectivity index (χ2n) is 4.46.